The Hall–Kier alpha value is -4.06. The molecule has 0 bridgehead atoms. The Labute approximate surface area is 190 Å². The van der Waals surface area contributed by atoms with Gasteiger partial charge in [-0.2, -0.15) is 26.3 Å². The SMILES string of the molecule is FC(F)(F)c1ccc(C#Cc2c(-c3ccc(C(F)(F)F)cc3)nnn2Cc2ccccc2)cc1. The fourth-order valence-electron chi connectivity index (χ4n) is 3.19. The summed E-state index contributed by atoms with van der Waals surface area (Å²) in [6.07, 6.45) is -8.94. The lowest BCUT2D eigenvalue weighted by Crippen LogP contribution is -2.05. The van der Waals surface area contributed by atoms with E-state index >= 15 is 0 Å². The van der Waals surface area contributed by atoms with E-state index in [1.54, 1.807) is 0 Å². The zero-order valence-corrected chi connectivity index (χ0v) is 17.3. The first-order valence-electron chi connectivity index (χ1n) is 9.95. The van der Waals surface area contributed by atoms with Crippen molar-refractivity contribution in [2.75, 3.05) is 0 Å². The smallest absolute Gasteiger partial charge is 0.232 e. The van der Waals surface area contributed by atoms with Crippen molar-refractivity contribution in [1.29, 1.82) is 0 Å². The summed E-state index contributed by atoms with van der Waals surface area (Å²) in [7, 11) is 0. The molecular weight excluding hydrogens is 456 g/mol. The fourth-order valence-corrected chi connectivity index (χ4v) is 3.19. The third-order valence-corrected chi connectivity index (χ3v) is 4.93. The Morgan fingerprint density at radius 2 is 1.24 bits per heavy atom. The predicted molar refractivity (Wildman–Crippen MR) is 113 cm³/mol. The van der Waals surface area contributed by atoms with E-state index in [9.17, 15) is 26.3 Å². The summed E-state index contributed by atoms with van der Waals surface area (Å²) in [5.41, 5.74) is 0.601. The number of nitrogens with zero attached hydrogens (tertiary/aromatic N) is 3. The molecule has 0 saturated heterocycles. The summed E-state index contributed by atoms with van der Waals surface area (Å²) < 4.78 is 78.7. The topological polar surface area (TPSA) is 30.7 Å². The average molecular weight is 471 g/mol. The van der Waals surface area contributed by atoms with Crippen LogP contribution in [-0.4, -0.2) is 15.0 Å². The van der Waals surface area contributed by atoms with Crippen LogP contribution in [0, 0.1) is 11.8 Å². The van der Waals surface area contributed by atoms with Crippen LogP contribution in [0.25, 0.3) is 11.3 Å². The Morgan fingerprint density at radius 1 is 0.676 bits per heavy atom. The maximum Gasteiger partial charge on any atom is 0.416 e. The molecule has 0 aliphatic carbocycles. The number of hydrogen-bond acceptors (Lipinski definition) is 2. The third-order valence-electron chi connectivity index (χ3n) is 4.93. The third kappa shape index (κ3) is 5.29. The first-order chi connectivity index (χ1) is 16.1. The van der Waals surface area contributed by atoms with Crippen LogP contribution in [-0.2, 0) is 18.9 Å². The maximum absolute atomic E-state index is 12.9. The summed E-state index contributed by atoms with van der Waals surface area (Å²) in [6.45, 7) is 0.297. The van der Waals surface area contributed by atoms with Crippen LogP contribution in [0.1, 0.15) is 27.9 Å². The van der Waals surface area contributed by atoms with Crippen molar-refractivity contribution in [3.63, 3.8) is 0 Å². The van der Waals surface area contributed by atoms with Gasteiger partial charge in [-0.25, -0.2) is 4.68 Å². The number of halogens is 6. The van der Waals surface area contributed by atoms with Gasteiger partial charge in [0.15, 0.2) is 0 Å². The van der Waals surface area contributed by atoms with Crippen molar-refractivity contribution in [3.8, 4) is 23.1 Å². The summed E-state index contributed by atoms with van der Waals surface area (Å²) in [5, 5.41) is 8.22. The summed E-state index contributed by atoms with van der Waals surface area (Å²) in [6, 6.07) is 18.1. The van der Waals surface area contributed by atoms with Gasteiger partial charge in [0.05, 0.1) is 17.7 Å². The van der Waals surface area contributed by atoms with E-state index < -0.39 is 23.5 Å². The molecule has 3 nitrogen and oxygen atoms in total. The van der Waals surface area contributed by atoms with E-state index in [1.165, 1.54) is 28.9 Å². The molecule has 0 aliphatic rings. The van der Waals surface area contributed by atoms with Crippen LogP contribution < -0.4 is 0 Å². The van der Waals surface area contributed by atoms with Gasteiger partial charge in [0, 0.05) is 11.1 Å². The molecule has 0 N–H and O–H groups in total. The Bertz CT molecular complexity index is 1320. The van der Waals surface area contributed by atoms with E-state index in [-0.39, 0.29) is 5.69 Å². The van der Waals surface area contributed by atoms with E-state index in [0.717, 1.165) is 29.8 Å². The van der Waals surface area contributed by atoms with Crippen molar-refractivity contribution in [3.05, 3.63) is 107 Å². The number of aromatic nitrogens is 3. The van der Waals surface area contributed by atoms with Gasteiger partial charge in [0.25, 0.3) is 0 Å². The van der Waals surface area contributed by atoms with Crippen molar-refractivity contribution in [1.82, 2.24) is 15.0 Å². The molecule has 0 saturated carbocycles. The molecule has 1 aromatic heterocycles. The van der Waals surface area contributed by atoms with Crippen LogP contribution in [0.3, 0.4) is 0 Å². The highest BCUT2D eigenvalue weighted by Crippen LogP contribution is 2.31. The molecule has 172 valence electrons. The van der Waals surface area contributed by atoms with Gasteiger partial charge >= 0.3 is 12.4 Å². The highest BCUT2D eigenvalue weighted by atomic mass is 19.4. The van der Waals surface area contributed by atoms with Crippen molar-refractivity contribution in [2.45, 2.75) is 18.9 Å². The highest BCUT2D eigenvalue weighted by molar-refractivity contribution is 5.66. The molecule has 34 heavy (non-hydrogen) atoms. The molecule has 0 unspecified atom stereocenters. The highest BCUT2D eigenvalue weighted by Gasteiger charge is 2.31. The van der Waals surface area contributed by atoms with Gasteiger partial charge in [-0.3, -0.25) is 0 Å². The van der Waals surface area contributed by atoms with Crippen molar-refractivity contribution >= 4 is 0 Å². The number of rotatable bonds is 3. The monoisotopic (exact) mass is 471 g/mol. The molecule has 0 aliphatic heterocycles. The second kappa shape index (κ2) is 9.06. The van der Waals surface area contributed by atoms with Crippen LogP contribution in [0.15, 0.2) is 78.9 Å². The van der Waals surface area contributed by atoms with Gasteiger partial charge in [-0.1, -0.05) is 53.6 Å². The van der Waals surface area contributed by atoms with Crippen LogP contribution >= 0.6 is 0 Å². The molecule has 0 spiro atoms. The fraction of sp³-hybridized carbons (Fsp3) is 0.120. The molecule has 1 heterocycles. The molecule has 0 amide bonds. The normalized spacial score (nSPS) is 11.7. The number of alkyl halides is 6. The van der Waals surface area contributed by atoms with Gasteiger partial charge in [0.1, 0.15) is 11.4 Å². The van der Waals surface area contributed by atoms with Crippen LogP contribution in [0.2, 0.25) is 0 Å². The Kier molecular flexibility index (Phi) is 6.16. The van der Waals surface area contributed by atoms with Gasteiger partial charge in [-0.05, 0) is 47.9 Å². The molecule has 0 radical (unpaired) electrons. The summed E-state index contributed by atoms with van der Waals surface area (Å²) in [5.74, 6) is 5.68. The number of benzene rings is 3. The zero-order valence-electron chi connectivity index (χ0n) is 17.3. The largest absolute Gasteiger partial charge is 0.416 e. The van der Waals surface area contributed by atoms with Gasteiger partial charge in [0.2, 0.25) is 0 Å². The molecule has 4 rings (SSSR count). The molecule has 4 aromatic rings. The lowest BCUT2D eigenvalue weighted by atomic mass is 10.1. The van der Waals surface area contributed by atoms with Crippen molar-refractivity contribution < 1.29 is 26.3 Å². The molecule has 3 aromatic carbocycles. The Balaban J connectivity index is 1.73. The van der Waals surface area contributed by atoms with E-state index in [2.05, 4.69) is 22.2 Å². The molecule has 0 fully saturated rings. The molecule has 9 heteroatoms. The first-order valence-corrected chi connectivity index (χ1v) is 9.95. The maximum atomic E-state index is 12.9. The van der Waals surface area contributed by atoms with Crippen LogP contribution in [0.5, 0.6) is 0 Å². The van der Waals surface area contributed by atoms with E-state index in [0.29, 0.717) is 23.4 Å². The standard InChI is InChI=1S/C25H15F6N3/c26-24(27,28)20-11-6-17(7-12-20)8-15-22-23(19-9-13-21(14-10-19)25(29,30)31)32-33-34(22)16-18-4-2-1-3-5-18/h1-7,9-14H,16H2. The average Bonchev–Trinajstić information content (AvgIpc) is 3.20. The minimum Gasteiger partial charge on any atom is -0.232 e. The minimum absolute atomic E-state index is 0.268. The second-order valence-corrected chi connectivity index (χ2v) is 7.33. The summed E-state index contributed by atoms with van der Waals surface area (Å²) in [4.78, 5) is 0. The minimum atomic E-state index is -4.48. The second-order valence-electron chi connectivity index (χ2n) is 7.33. The van der Waals surface area contributed by atoms with Crippen molar-refractivity contribution in [2.24, 2.45) is 0 Å². The predicted octanol–water partition coefficient (Wildman–Crippen LogP) is 6.43. The lowest BCUT2D eigenvalue weighted by molar-refractivity contribution is -0.138. The van der Waals surface area contributed by atoms with E-state index in [1.807, 2.05) is 30.3 Å². The Morgan fingerprint density at radius 3 is 1.79 bits per heavy atom. The first kappa shape index (κ1) is 23.1. The van der Waals surface area contributed by atoms with Gasteiger partial charge in [-0.15, -0.1) is 5.10 Å². The van der Waals surface area contributed by atoms with E-state index in [4.69, 9.17) is 0 Å². The number of hydrogen-bond donors (Lipinski definition) is 0. The molecule has 0 atom stereocenters. The zero-order chi connectivity index (χ0) is 24.3. The quantitative estimate of drug-likeness (QED) is 0.255. The van der Waals surface area contributed by atoms with Crippen LogP contribution in [0.4, 0.5) is 26.3 Å². The van der Waals surface area contributed by atoms with Gasteiger partial charge < -0.3 is 0 Å². The molecular formula is C25H15F6N3. The summed E-state index contributed by atoms with van der Waals surface area (Å²) >= 11 is 0. The lowest BCUT2D eigenvalue weighted by Gasteiger charge is -2.07.